The van der Waals surface area contributed by atoms with Gasteiger partial charge in [-0.15, -0.1) is 0 Å². The molecule has 3 rings (SSSR count). The Bertz CT molecular complexity index is 674. The Morgan fingerprint density at radius 2 is 2.05 bits per heavy atom. The van der Waals surface area contributed by atoms with Crippen molar-refractivity contribution in [3.63, 3.8) is 0 Å². The molecule has 1 saturated heterocycles. The van der Waals surface area contributed by atoms with Gasteiger partial charge in [-0.25, -0.2) is 9.97 Å². The standard InChI is InChI=1S/C15H15BrN4O2/c16-11-2-1-3-12(8-11)19-14-9-13(17-10-18-14)15(21)20-4-6-22-7-5-20/h1-3,8-10H,4-7H2,(H,17,18,19). The van der Waals surface area contributed by atoms with Gasteiger partial charge in [0.05, 0.1) is 13.2 Å². The van der Waals surface area contributed by atoms with Crippen molar-refractivity contribution in [3.05, 3.63) is 46.8 Å². The highest BCUT2D eigenvalue weighted by atomic mass is 79.9. The number of rotatable bonds is 3. The lowest BCUT2D eigenvalue weighted by atomic mass is 10.3. The molecule has 1 N–H and O–H groups in total. The van der Waals surface area contributed by atoms with Gasteiger partial charge in [0.25, 0.3) is 5.91 Å². The summed E-state index contributed by atoms with van der Waals surface area (Å²) in [7, 11) is 0. The Morgan fingerprint density at radius 1 is 1.23 bits per heavy atom. The number of halogens is 1. The van der Waals surface area contributed by atoms with Crippen LogP contribution in [0.25, 0.3) is 0 Å². The van der Waals surface area contributed by atoms with Gasteiger partial charge >= 0.3 is 0 Å². The maximum absolute atomic E-state index is 12.4. The van der Waals surface area contributed by atoms with Crippen LogP contribution >= 0.6 is 15.9 Å². The summed E-state index contributed by atoms with van der Waals surface area (Å²) < 4.78 is 6.22. The molecule has 22 heavy (non-hydrogen) atoms. The molecular formula is C15H15BrN4O2. The number of carbonyl (C=O) groups excluding carboxylic acids is 1. The Morgan fingerprint density at radius 3 is 2.82 bits per heavy atom. The van der Waals surface area contributed by atoms with E-state index in [0.29, 0.717) is 37.8 Å². The van der Waals surface area contributed by atoms with Crippen molar-refractivity contribution in [2.24, 2.45) is 0 Å². The molecule has 7 heteroatoms. The molecule has 0 atom stereocenters. The van der Waals surface area contributed by atoms with E-state index in [9.17, 15) is 4.79 Å². The smallest absolute Gasteiger partial charge is 0.272 e. The minimum absolute atomic E-state index is 0.0945. The van der Waals surface area contributed by atoms with E-state index in [1.165, 1.54) is 6.33 Å². The second-order valence-electron chi connectivity index (χ2n) is 4.83. The highest BCUT2D eigenvalue weighted by Gasteiger charge is 2.20. The van der Waals surface area contributed by atoms with Gasteiger partial charge in [0.1, 0.15) is 17.8 Å². The second kappa shape index (κ2) is 6.85. The average Bonchev–Trinajstić information content (AvgIpc) is 2.55. The zero-order chi connectivity index (χ0) is 15.4. The molecule has 1 aliphatic rings. The van der Waals surface area contributed by atoms with E-state index in [1.807, 2.05) is 24.3 Å². The lowest BCUT2D eigenvalue weighted by Gasteiger charge is -2.26. The number of amides is 1. The Balaban J connectivity index is 1.75. The van der Waals surface area contributed by atoms with Crippen molar-refractivity contribution in [2.75, 3.05) is 31.6 Å². The minimum Gasteiger partial charge on any atom is -0.378 e. The largest absolute Gasteiger partial charge is 0.378 e. The summed E-state index contributed by atoms with van der Waals surface area (Å²) in [6.45, 7) is 2.33. The molecular weight excluding hydrogens is 348 g/mol. The first-order valence-corrected chi connectivity index (χ1v) is 7.73. The Hall–Kier alpha value is -1.99. The maximum atomic E-state index is 12.4. The number of nitrogens with one attached hydrogen (secondary N) is 1. The van der Waals surface area contributed by atoms with Crippen molar-refractivity contribution < 1.29 is 9.53 Å². The van der Waals surface area contributed by atoms with E-state index < -0.39 is 0 Å². The molecule has 6 nitrogen and oxygen atoms in total. The molecule has 0 spiro atoms. The number of aromatic nitrogens is 2. The second-order valence-corrected chi connectivity index (χ2v) is 5.74. The van der Waals surface area contributed by atoms with Gasteiger partial charge in [-0.1, -0.05) is 22.0 Å². The number of carbonyl (C=O) groups is 1. The molecule has 0 bridgehead atoms. The highest BCUT2D eigenvalue weighted by molar-refractivity contribution is 9.10. The number of benzene rings is 1. The van der Waals surface area contributed by atoms with Crippen molar-refractivity contribution in [3.8, 4) is 0 Å². The topological polar surface area (TPSA) is 67.4 Å². The molecule has 1 aromatic heterocycles. The van der Waals surface area contributed by atoms with Crippen LogP contribution in [-0.2, 0) is 4.74 Å². The van der Waals surface area contributed by atoms with E-state index in [4.69, 9.17) is 4.74 Å². The maximum Gasteiger partial charge on any atom is 0.272 e. The van der Waals surface area contributed by atoms with E-state index in [1.54, 1.807) is 11.0 Å². The van der Waals surface area contributed by atoms with Crippen LogP contribution in [0.1, 0.15) is 10.5 Å². The molecule has 1 aliphatic heterocycles. The lowest BCUT2D eigenvalue weighted by molar-refractivity contribution is 0.0299. The Kier molecular flexibility index (Phi) is 4.65. The Labute approximate surface area is 136 Å². The molecule has 0 unspecified atom stereocenters. The first kappa shape index (κ1) is 14.9. The molecule has 0 aliphatic carbocycles. The van der Waals surface area contributed by atoms with Gasteiger partial charge in [-0.2, -0.15) is 0 Å². The zero-order valence-corrected chi connectivity index (χ0v) is 13.4. The lowest BCUT2D eigenvalue weighted by Crippen LogP contribution is -2.41. The first-order chi connectivity index (χ1) is 10.7. The number of ether oxygens (including phenoxy) is 1. The van der Waals surface area contributed by atoms with Gasteiger partial charge in [0.2, 0.25) is 0 Å². The number of hydrogen-bond acceptors (Lipinski definition) is 5. The van der Waals surface area contributed by atoms with E-state index in [2.05, 4.69) is 31.2 Å². The van der Waals surface area contributed by atoms with Crippen LogP contribution in [0.5, 0.6) is 0 Å². The molecule has 2 aromatic rings. The number of nitrogens with zero attached hydrogens (tertiary/aromatic N) is 3. The average molecular weight is 363 g/mol. The third-order valence-electron chi connectivity index (χ3n) is 3.28. The summed E-state index contributed by atoms with van der Waals surface area (Å²) in [6, 6.07) is 9.40. The van der Waals surface area contributed by atoms with E-state index >= 15 is 0 Å². The molecule has 1 aromatic carbocycles. The third kappa shape index (κ3) is 3.61. The fourth-order valence-electron chi connectivity index (χ4n) is 2.19. The van der Waals surface area contributed by atoms with Gasteiger partial charge < -0.3 is 15.0 Å². The molecule has 114 valence electrons. The van der Waals surface area contributed by atoms with Crippen LogP contribution in [0.15, 0.2) is 41.1 Å². The van der Waals surface area contributed by atoms with Crippen LogP contribution in [0.3, 0.4) is 0 Å². The monoisotopic (exact) mass is 362 g/mol. The van der Waals surface area contributed by atoms with Crippen molar-refractivity contribution >= 4 is 33.3 Å². The van der Waals surface area contributed by atoms with Crippen LogP contribution in [0.2, 0.25) is 0 Å². The van der Waals surface area contributed by atoms with E-state index in [-0.39, 0.29) is 5.91 Å². The normalized spacial score (nSPS) is 14.7. The number of morpholine rings is 1. The van der Waals surface area contributed by atoms with Crippen LogP contribution < -0.4 is 5.32 Å². The number of hydrogen-bond donors (Lipinski definition) is 1. The van der Waals surface area contributed by atoms with Gasteiger partial charge in [0.15, 0.2) is 0 Å². The summed E-state index contributed by atoms with van der Waals surface area (Å²) in [5, 5.41) is 3.17. The van der Waals surface area contributed by atoms with Crippen LogP contribution in [-0.4, -0.2) is 47.1 Å². The fourth-order valence-corrected chi connectivity index (χ4v) is 2.58. The quantitative estimate of drug-likeness (QED) is 0.908. The van der Waals surface area contributed by atoms with Gasteiger partial charge in [0, 0.05) is 29.3 Å². The van der Waals surface area contributed by atoms with Crippen molar-refractivity contribution in [2.45, 2.75) is 0 Å². The predicted molar refractivity (Wildman–Crippen MR) is 86.2 cm³/mol. The van der Waals surface area contributed by atoms with Crippen LogP contribution in [0.4, 0.5) is 11.5 Å². The summed E-state index contributed by atoms with van der Waals surface area (Å²) in [5.41, 5.74) is 1.27. The number of anilines is 2. The summed E-state index contributed by atoms with van der Waals surface area (Å²) in [5.74, 6) is 0.493. The first-order valence-electron chi connectivity index (χ1n) is 6.94. The van der Waals surface area contributed by atoms with Gasteiger partial charge in [-0.05, 0) is 18.2 Å². The van der Waals surface area contributed by atoms with Crippen LogP contribution in [0, 0.1) is 0 Å². The molecule has 2 heterocycles. The summed E-state index contributed by atoms with van der Waals surface area (Å²) >= 11 is 3.42. The minimum atomic E-state index is -0.0945. The third-order valence-corrected chi connectivity index (χ3v) is 3.77. The zero-order valence-electron chi connectivity index (χ0n) is 11.8. The van der Waals surface area contributed by atoms with Crippen molar-refractivity contribution in [1.82, 2.24) is 14.9 Å². The molecule has 0 saturated carbocycles. The molecule has 1 fully saturated rings. The van der Waals surface area contributed by atoms with Gasteiger partial charge in [-0.3, -0.25) is 4.79 Å². The SMILES string of the molecule is O=C(c1cc(Nc2cccc(Br)c2)ncn1)N1CCOCC1. The van der Waals surface area contributed by atoms with E-state index in [0.717, 1.165) is 10.2 Å². The molecule has 0 radical (unpaired) electrons. The molecule has 1 amide bonds. The predicted octanol–water partition coefficient (Wildman–Crippen LogP) is 2.46. The highest BCUT2D eigenvalue weighted by Crippen LogP contribution is 2.19. The summed E-state index contributed by atoms with van der Waals surface area (Å²) in [6.07, 6.45) is 1.40. The fraction of sp³-hybridized carbons (Fsp3) is 0.267. The van der Waals surface area contributed by atoms with Crippen molar-refractivity contribution in [1.29, 1.82) is 0 Å². The summed E-state index contributed by atoms with van der Waals surface area (Å²) in [4.78, 5) is 22.4.